The minimum atomic E-state index is -2.71. The van der Waals surface area contributed by atoms with Gasteiger partial charge in [0.25, 0.3) is 11.8 Å². The second-order valence-electron chi connectivity index (χ2n) is 4.39. The summed E-state index contributed by atoms with van der Waals surface area (Å²) < 4.78 is 39.6. The zero-order valence-corrected chi connectivity index (χ0v) is 12.6. The van der Waals surface area contributed by atoms with Gasteiger partial charge >= 0.3 is 0 Å². The first kappa shape index (κ1) is 14.9. The molecule has 104 valence electrons. The lowest BCUT2D eigenvalue weighted by Gasteiger charge is -2.32. The van der Waals surface area contributed by atoms with Gasteiger partial charge in [-0.25, -0.2) is 13.2 Å². The molecule has 0 radical (unpaired) electrons. The third-order valence-electron chi connectivity index (χ3n) is 3.02. The summed E-state index contributed by atoms with van der Waals surface area (Å²) in [5.41, 5.74) is 0.151. The van der Waals surface area contributed by atoms with Crippen molar-refractivity contribution in [2.75, 3.05) is 13.1 Å². The maximum absolute atomic E-state index is 13.3. The lowest BCUT2D eigenvalue weighted by Crippen LogP contribution is -2.42. The first-order chi connectivity index (χ1) is 8.80. The number of piperidine rings is 1. The number of carbonyl (C=O) groups is 1. The summed E-state index contributed by atoms with van der Waals surface area (Å²) >= 11 is 7.58. The SMILES string of the molecule is O=C(c1cc(I)c(F)cc1Cl)N1CCC(F)(F)CC1. The Hall–Kier alpha value is -0.500. The third kappa shape index (κ3) is 3.34. The van der Waals surface area contributed by atoms with E-state index in [2.05, 4.69) is 0 Å². The highest BCUT2D eigenvalue weighted by molar-refractivity contribution is 14.1. The minimum absolute atomic E-state index is 0.000231. The molecule has 0 aliphatic carbocycles. The highest BCUT2D eigenvalue weighted by Gasteiger charge is 2.36. The van der Waals surface area contributed by atoms with Crippen LogP contribution in [0.1, 0.15) is 23.2 Å². The molecule has 1 aromatic carbocycles. The molecule has 0 atom stereocenters. The average Bonchev–Trinajstić information content (AvgIpc) is 2.33. The van der Waals surface area contributed by atoms with Crippen LogP contribution in [0.2, 0.25) is 5.02 Å². The standard InChI is InChI=1S/C12H10ClF3INO/c13-8-6-9(14)10(17)5-7(8)11(19)18-3-1-12(15,16)2-4-18/h5-6H,1-4H2. The Kier molecular flexibility index (Phi) is 4.29. The Bertz CT molecular complexity index is 514. The highest BCUT2D eigenvalue weighted by atomic mass is 127. The van der Waals surface area contributed by atoms with E-state index < -0.39 is 17.6 Å². The zero-order chi connectivity index (χ0) is 14.2. The van der Waals surface area contributed by atoms with Gasteiger partial charge in [0.1, 0.15) is 5.82 Å². The molecule has 7 heteroatoms. The molecule has 0 unspecified atom stereocenters. The van der Waals surface area contributed by atoms with Gasteiger partial charge in [-0.1, -0.05) is 11.6 Å². The quantitative estimate of drug-likeness (QED) is 0.514. The van der Waals surface area contributed by atoms with Crippen LogP contribution in [0, 0.1) is 9.39 Å². The molecule has 2 rings (SSSR count). The van der Waals surface area contributed by atoms with Gasteiger partial charge in [0, 0.05) is 29.5 Å². The molecule has 0 aromatic heterocycles. The van der Waals surface area contributed by atoms with E-state index in [9.17, 15) is 18.0 Å². The molecule has 0 N–H and O–H groups in total. The Morgan fingerprint density at radius 3 is 2.47 bits per heavy atom. The summed E-state index contributed by atoms with van der Waals surface area (Å²) in [6, 6.07) is 2.41. The molecule has 0 spiro atoms. The Labute approximate surface area is 127 Å². The predicted molar refractivity (Wildman–Crippen MR) is 74.2 cm³/mol. The molecule has 1 heterocycles. The second-order valence-corrected chi connectivity index (χ2v) is 5.96. The Morgan fingerprint density at radius 2 is 1.89 bits per heavy atom. The smallest absolute Gasteiger partial charge is 0.255 e. The molecule has 1 aliphatic heterocycles. The number of hydrogen-bond donors (Lipinski definition) is 0. The monoisotopic (exact) mass is 403 g/mol. The van der Waals surface area contributed by atoms with E-state index in [-0.39, 0.29) is 40.1 Å². The summed E-state index contributed by atoms with van der Waals surface area (Å²) in [6.45, 7) is -0.0355. The molecule has 1 saturated heterocycles. The maximum Gasteiger partial charge on any atom is 0.255 e. The fraction of sp³-hybridized carbons (Fsp3) is 0.417. The van der Waals surface area contributed by atoms with Crippen LogP contribution in [-0.2, 0) is 0 Å². The summed E-state index contributed by atoms with van der Waals surface area (Å²) in [5.74, 6) is -3.65. The first-order valence-corrected chi connectivity index (χ1v) is 7.07. The van der Waals surface area contributed by atoms with Crippen molar-refractivity contribution in [1.29, 1.82) is 0 Å². The van der Waals surface area contributed by atoms with Crippen molar-refractivity contribution in [3.63, 3.8) is 0 Å². The summed E-state index contributed by atoms with van der Waals surface area (Å²) in [6.07, 6.45) is -0.705. The zero-order valence-electron chi connectivity index (χ0n) is 9.73. The lowest BCUT2D eigenvalue weighted by atomic mass is 10.1. The number of carbonyl (C=O) groups excluding carboxylic acids is 1. The van der Waals surface area contributed by atoms with E-state index in [4.69, 9.17) is 11.6 Å². The van der Waals surface area contributed by atoms with Gasteiger partial charge in [0.05, 0.1) is 10.6 Å². The number of amides is 1. The van der Waals surface area contributed by atoms with Crippen LogP contribution in [0.3, 0.4) is 0 Å². The fourth-order valence-corrected chi connectivity index (χ4v) is 2.59. The van der Waals surface area contributed by atoms with E-state index in [0.29, 0.717) is 0 Å². The Balaban J connectivity index is 2.19. The Morgan fingerprint density at radius 1 is 1.32 bits per heavy atom. The molecule has 1 aromatic rings. The molecule has 1 aliphatic rings. The topological polar surface area (TPSA) is 20.3 Å². The largest absolute Gasteiger partial charge is 0.338 e. The molecule has 1 amide bonds. The van der Waals surface area contributed by atoms with Crippen LogP contribution in [0.5, 0.6) is 0 Å². The third-order valence-corrected chi connectivity index (χ3v) is 4.16. The van der Waals surface area contributed by atoms with Gasteiger partial charge in [0.15, 0.2) is 0 Å². The van der Waals surface area contributed by atoms with E-state index in [1.165, 1.54) is 11.0 Å². The van der Waals surface area contributed by atoms with Crippen LogP contribution in [0.15, 0.2) is 12.1 Å². The number of benzene rings is 1. The number of rotatable bonds is 1. The fourth-order valence-electron chi connectivity index (χ4n) is 1.89. The van der Waals surface area contributed by atoms with E-state index in [1.54, 1.807) is 22.6 Å². The number of hydrogen-bond acceptors (Lipinski definition) is 1. The summed E-state index contributed by atoms with van der Waals surface area (Å²) in [7, 11) is 0. The number of likely N-dealkylation sites (tertiary alicyclic amines) is 1. The van der Waals surface area contributed by atoms with Crippen molar-refractivity contribution in [2.24, 2.45) is 0 Å². The summed E-state index contributed by atoms with van der Waals surface area (Å²) in [4.78, 5) is 13.5. The normalized spacial score (nSPS) is 18.5. The number of nitrogens with zero attached hydrogens (tertiary/aromatic N) is 1. The van der Waals surface area contributed by atoms with Gasteiger partial charge in [-0.05, 0) is 34.7 Å². The highest BCUT2D eigenvalue weighted by Crippen LogP contribution is 2.30. The summed E-state index contributed by atoms with van der Waals surface area (Å²) in [5, 5.41) is 0.000231. The molecule has 19 heavy (non-hydrogen) atoms. The van der Waals surface area contributed by atoms with E-state index in [0.717, 1.165) is 6.07 Å². The van der Waals surface area contributed by atoms with Gasteiger partial charge in [-0.3, -0.25) is 4.79 Å². The molecule has 0 saturated carbocycles. The van der Waals surface area contributed by atoms with Gasteiger partial charge in [-0.2, -0.15) is 0 Å². The van der Waals surface area contributed by atoms with Crippen LogP contribution < -0.4 is 0 Å². The molecule has 1 fully saturated rings. The molecular formula is C12H10ClF3INO. The van der Waals surface area contributed by atoms with Crippen molar-refractivity contribution >= 4 is 40.1 Å². The van der Waals surface area contributed by atoms with E-state index >= 15 is 0 Å². The molecule has 2 nitrogen and oxygen atoms in total. The van der Waals surface area contributed by atoms with Crippen molar-refractivity contribution in [2.45, 2.75) is 18.8 Å². The predicted octanol–water partition coefficient (Wildman–Crippen LogP) is 3.96. The lowest BCUT2D eigenvalue weighted by molar-refractivity contribution is -0.0494. The van der Waals surface area contributed by atoms with E-state index in [1.807, 2.05) is 0 Å². The van der Waals surface area contributed by atoms with Crippen molar-refractivity contribution < 1.29 is 18.0 Å². The number of halogens is 5. The number of alkyl halides is 2. The first-order valence-electron chi connectivity index (χ1n) is 5.62. The maximum atomic E-state index is 13.3. The van der Waals surface area contributed by atoms with Crippen molar-refractivity contribution in [3.05, 3.63) is 32.1 Å². The van der Waals surface area contributed by atoms with Crippen LogP contribution in [-0.4, -0.2) is 29.8 Å². The van der Waals surface area contributed by atoms with Crippen LogP contribution >= 0.6 is 34.2 Å². The van der Waals surface area contributed by atoms with Crippen LogP contribution in [0.4, 0.5) is 13.2 Å². The van der Waals surface area contributed by atoms with Gasteiger partial charge in [-0.15, -0.1) is 0 Å². The van der Waals surface area contributed by atoms with Gasteiger partial charge in [0.2, 0.25) is 0 Å². The van der Waals surface area contributed by atoms with Crippen molar-refractivity contribution in [1.82, 2.24) is 4.90 Å². The van der Waals surface area contributed by atoms with Gasteiger partial charge < -0.3 is 4.90 Å². The molecule has 0 bridgehead atoms. The average molecular weight is 404 g/mol. The molecular weight excluding hydrogens is 393 g/mol. The van der Waals surface area contributed by atoms with Crippen molar-refractivity contribution in [3.8, 4) is 0 Å². The minimum Gasteiger partial charge on any atom is -0.338 e. The van der Waals surface area contributed by atoms with Crippen LogP contribution in [0.25, 0.3) is 0 Å². The second kappa shape index (κ2) is 5.47.